The Hall–Kier alpha value is -0.910. The minimum absolute atomic E-state index is 0.0613. The summed E-state index contributed by atoms with van der Waals surface area (Å²) in [5.41, 5.74) is 6.65. The van der Waals surface area contributed by atoms with Crippen LogP contribution in [0.2, 0.25) is 0 Å². The number of benzene rings is 1. The van der Waals surface area contributed by atoms with Crippen molar-refractivity contribution in [1.82, 2.24) is 4.31 Å². The smallest absolute Gasteiger partial charge is 0.243 e. The van der Waals surface area contributed by atoms with E-state index in [1.807, 2.05) is 26.0 Å². The first-order valence-electron chi connectivity index (χ1n) is 5.74. The third-order valence-electron chi connectivity index (χ3n) is 3.35. The highest BCUT2D eigenvalue weighted by molar-refractivity contribution is 7.89. The Balaban J connectivity index is 2.36. The zero-order valence-corrected chi connectivity index (χ0v) is 10.9. The molecule has 0 spiro atoms. The number of rotatable bonds is 2. The molecule has 17 heavy (non-hydrogen) atoms. The second kappa shape index (κ2) is 4.40. The summed E-state index contributed by atoms with van der Waals surface area (Å²) in [6, 6.07) is 6.99. The molecule has 1 aromatic carbocycles. The van der Waals surface area contributed by atoms with Crippen molar-refractivity contribution in [2.24, 2.45) is 11.7 Å². The van der Waals surface area contributed by atoms with Gasteiger partial charge in [0.1, 0.15) is 0 Å². The van der Waals surface area contributed by atoms with Gasteiger partial charge in [-0.05, 0) is 24.5 Å². The van der Waals surface area contributed by atoms with Crippen molar-refractivity contribution < 1.29 is 8.42 Å². The Kier molecular flexibility index (Phi) is 3.25. The van der Waals surface area contributed by atoms with Crippen LogP contribution in [0.25, 0.3) is 0 Å². The van der Waals surface area contributed by atoms with Gasteiger partial charge in [-0.3, -0.25) is 0 Å². The molecule has 0 amide bonds. The molecule has 1 fully saturated rings. The second-order valence-corrected chi connectivity index (χ2v) is 6.64. The summed E-state index contributed by atoms with van der Waals surface area (Å²) in [6.45, 7) is 4.72. The average Bonchev–Trinajstić information content (AvgIpc) is 2.60. The van der Waals surface area contributed by atoms with Crippen LogP contribution in [0.3, 0.4) is 0 Å². The molecule has 1 aliphatic rings. The first-order chi connectivity index (χ1) is 7.93. The predicted octanol–water partition coefficient (Wildman–Crippen LogP) is 0.963. The maximum Gasteiger partial charge on any atom is 0.243 e. The van der Waals surface area contributed by atoms with Gasteiger partial charge in [-0.2, -0.15) is 4.31 Å². The summed E-state index contributed by atoms with van der Waals surface area (Å²) in [6.07, 6.45) is 0. The maximum atomic E-state index is 12.4. The van der Waals surface area contributed by atoms with Gasteiger partial charge in [0, 0.05) is 19.1 Å². The summed E-state index contributed by atoms with van der Waals surface area (Å²) in [4.78, 5) is 0.390. The highest BCUT2D eigenvalue weighted by Crippen LogP contribution is 2.25. The molecule has 2 unspecified atom stereocenters. The van der Waals surface area contributed by atoms with E-state index in [0.717, 1.165) is 5.56 Å². The molecule has 1 aromatic rings. The zero-order valence-electron chi connectivity index (χ0n) is 10.1. The largest absolute Gasteiger partial charge is 0.326 e. The van der Waals surface area contributed by atoms with Gasteiger partial charge in [0.25, 0.3) is 0 Å². The second-order valence-electron chi connectivity index (χ2n) is 4.73. The van der Waals surface area contributed by atoms with Crippen LogP contribution in [0.1, 0.15) is 12.5 Å². The Morgan fingerprint density at radius 2 is 1.94 bits per heavy atom. The number of hydrogen-bond donors (Lipinski definition) is 1. The van der Waals surface area contributed by atoms with Gasteiger partial charge in [0.2, 0.25) is 10.0 Å². The molecule has 1 saturated heterocycles. The SMILES string of the molecule is Cc1ccccc1S(=O)(=O)N1CC(C)C(N)C1. The normalized spacial score (nSPS) is 26.3. The molecule has 0 radical (unpaired) electrons. The summed E-state index contributed by atoms with van der Waals surface area (Å²) in [5, 5.41) is 0. The van der Waals surface area contributed by atoms with Crippen LogP contribution in [0.15, 0.2) is 29.2 Å². The van der Waals surface area contributed by atoms with Gasteiger partial charge in [0.05, 0.1) is 4.90 Å². The van der Waals surface area contributed by atoms with E-state index in [9.17, 15) is 8.42 Å². The summed E-state index contributed by atoms with van der Waals surface area (Å²) in [5.74, 6) is 0.216. The molecular weight excluding hydrogens is 236 g/mol. The molecule has 0 aliphatic carbocycles. The fourth-order valence-electron chi connectivity index (χ4n) is 2.13. The highest BCUT2D eigenvalue weighted by Gasteiger charge is 2.35. The van der Waals surface area contributed by atoms with Gasteiger partial charge in [-0.1, -0.05) is 25.1 Å². The summed E-state index contributed by atoms with van der Waals surface area (Å²) < 4.78 is 26.3. The molecule has 1 aliphatic heterocycles. The van der Waals surface area contributed by atoms with Gasteiger partial charge in [-0.15, -0.1) is 0 Å². The quantitative estimate of drug-likeness (QED) is 0.855. The number of nitrogens with zero attached hydrogens (tertiary/aromatic N) is 1. The van der Waals surface area contributed by atoms with E-state index in [1.165, 1.54) is 4.31 Å². The molecule has 2 atom stereocenters. The molecular formula is C12H18N2O2S. The molecule has 0 saturated carbocycles. The van der Waals surface area contributed by atoms with Crippen LogP contribution >= 0.6 is 0 Å². The molecule has 0 aromatic heterocycles. The fourth-order valence-corrected chi connectivity index (χ4v) is 3.93. The van der Waals surface area contributed by atoms with Crippen molar-refractivity contribution in [2.75, 3.05) is 13.1 Å². The predicted molar refractivity (Wildman–Crippen MR) is 67.1 cm³/mol. The summed E-state index contributed by atoms with van der Waals surface area (Å²) in [7, 11) is -3.38. The van der Waals surface area contributed by atoms with E-state index in [2.05, 4.69) is 0 Å². The van der Waals surface area contributed by atoms with Crippen LogP contribution < -0.4 is 5.73 Å². The van der Waals surface area contributed by atoms with E-state index in [1.54, 1.807) is 12.1 Å². The minimum Gasteiger partial charge on any atom is -0.326 e. The first-order valence-corrected chi connectivity index (χ1v) is 7.18. The number of hydrogen-bond acceptors (Lipinski definition) is 3. The van der Waals surface area contributed by atoms with Crippen molar-refractivity contribution in [3.8, 4) is 0 Å². The van der Waals surface area contributed by atoms with E-state index in [-0.39, 0.29) is 12.0 Å². The Labute approximate surface area is 102 Å². The van der Waals surface area contributed by atoms with Crippen molar-refractivity contribution in [3.63, 3.8) is 0 Å². The van der Waals surface area contributed by atoms with Crippen molar-refractivity contribution in [3.05, 3.63) is 29.8 Å². The van der Waals surface area contributed by atoms with E-state index >= 15 is 0 Å². The van der Waals surface area contributed by atoms with Crippen LogP contribution in [0.4, 0.5) is 0 Å². The molecule has 94 valence electrons. The fraction of sp³-hybridized carbons (Fsp3) is 0.500. The molecule has 5 heteroatoms. The Morgan fingerprint density at radius 3 is 2.47 bits per heavy atom. The molecule has 1 heterocycles. The third kappa shape index (κ3) is 2.22. The lowest BCUT2D eigenvalue weighted by Gasteiger charge is -2.17. The number of aryl methyl sites for hydroxylation is 1. The van der Waals surface area contributed by atoms with Crippen LogP contribution in [-0.2, 0) is 10.0 Å². The lowest BCUT2D eigenvalue weighted by molar-refractivity contribution is 0.464. The lowest BCUT2D eigenvalue weighted by Crippen LogP contribution is -2.32. The van der Waals surface area contributed by atoms with Gasteiger partial charge in [0.15, 0.2) is 0 Å². The topological polar surface area (TPSA) is 63.4 Å². The molecule has 2 N–H and O–H groups in total. The zero-order chi connectivity index (χ0) is 12.6. The molecule has 0 bridgehead atoms. The Bertz CT molecular complexity index is 503. The van der Waals surface area contributed by atoms with Gasteiger partial charge >= 0.3 is 0 Å². The van der Waals surface area contributed by atoms with Crippen molar-refractivity contribution >= 4 is 10.0 Å². The van der Waals surface area contributed by atoms with Gasteiger partial charge < -0.3 is 5.73 Å². The first kappa shape index (κ1) is 12.5. The maximum absolute atomic E-state index is 12.4. The van der Waals surface area contributed by atoms with Crippen LogP contribution in [0, 0.1) is 12.8 Å². The monoisotopic (exact) mass is 254 g/mol. The summed E-state index contributed by atoms with van der Waals surface area (Å²) >= 11 is 0. The Morgan fingerprint density at radius 1 is 1.29 bits per heavy atom. The van der Waals surface area contributed by atoms with Crippen LogP contribution in [-0.4, -0.2) is 31.9 Å². The number of nitrogens with two attached hydrogens (primary N) is 1. The van der Waals surface area contributed by atoms with E-state index in [4.69, 9.17) is 5.73 Å². The molecule has 2 rings (SSSR count). The molecule has 4 nitrogen and oxygen atoms in total. The number of sulfonamides is 1. The highest BCUT2D eigenvalue weighted by atomic mass is 32.2. The van der Waals surface area contributed by atoms with Crippen molar-refractivity contribution in [1.29, 1.82) is 0 Å². The standard InChI is InChI=1S/C12H18N2O2S/c1-9-5-3-4-6-12(9)17(15,16)14-7-10(2)11(13)8-14/h3-6,10-11H,7-8,13H2,1-2H3. The van der Waals surface area contributed by atoms with Crippen molar-refractivity contribution in [2.45, 2.75) is 24.8 Å². The van der Waals surface area contributed by atoms with Gasteiger partial charge in [-0.25, -0.2) is 8.42 Å². The van der Waals surface area contributed by atoms with E-state index in [0.29, 0.717) is 18.0 Å². The third-order valence-corrected chi connectivity index (χ3v) is 5.34. The average molecular weight is 254 g/mol. The van der Waals surface area contributed by atoms with Crippen LogP contribution in [0.5, 0.6) is 0 Å². The minimum atomic E-state index is -3.38. The van der Waals surface area contributed by atoms with E-state index < -0.39 is 10.0 Å². The lowest BCUT2D eigenvalue weighted by atomic mass is 10.1.